The third kappa shape index (κ3) is 2.46. The number of ether oxygens (including phenoxy) is 1. The first-order valence-corrected chi connectivity index (χ1v) is 5.09. The zero-order chi connectivity index (χ0) is 12.6. The van der Waals surface area contributed by atoms with Crippen LogP contribution in [0.1, 0.15) is 10.9 Å². The van der Waals surface area contributed by atoms with Crippen molar-refractivity contribution in [2.75, 3.05) is 11.9 Å². The standard InChI is InChI=1S/C10H7ClF3NO2/c11-9(10(12,13)14)5-1-2-7-6(3-5)15-8(16)4-17-7/h1-3,9H,4H2,(H,15,16). The number of anilines is 1. The van der Waals surface area contributed by atoms with Gasteiger partial charge in [0.1, 0.15) is 5.75 Å². The molecule has 92 valence electrons. The molecule has 1 aromatic rings. The van der Waals surface area contributed by atoms with Crippen molar-refractivity contribution in [2.45, 2.75) is 11.6 Å². The number of hydrogen-bond donors (Lipinski definition) is 1. The summed E-state index contributed by atoms with van der Waals surface area (Å²) in [4.78, 5) is 11.0. The lowest BCUT2D eigenvalue weighted by Crippen LogP contribution is -2.25. The largest absolute Gasteiger partial charge is 0.482 e. The number of fused-ring (bicyclic) bond motifs is 1. The highest BCUT2D eigenvalue weighted by molar-refractivity contribution is 6.21. The van der Waals surface area contributed by atoms with Gasteiger partial charge in [0.25, 0.3) is 5.91 Å². The number of benzene rings is 1. The molecule has 0 aliphatic carbocycles. The summed E-state index contributed by atoms with van der Waals surface area (Å²) in [5.74, 6) is -0.0767. The van der Waals surface area contributed by atoms with Crippen molar-refractivity contribution in [3.8, 4) is 5.75 Å². The van der Waals surface area contributed by atoms with E-state index in [1.165, 1.54) is 12.1 Å². The van der Waals surface area contributed by atoms with Crippen LogP contribution in [0.5, 0.6) is 5.75 Å². The fourth-order valence-corrected chi connectivity index (χ4v) is 1.58. The van der Waals surface area contributed by atoms with E-state index in [0.717, 1.165) is 6.07 Å². The lowest BCUT2D eigenvalue weighted by atomic mass is 10.1. The van der Waals surface area contributed by atoms with Crippen LogP contribution in [0.15, 0.2) is 18.2 Å². The first-order valence-electron chi connectivity index (χ1n) is 4.65. The van der Waals surface area contributed by atoms with Crippen molar-refractivity contribution in [3.05, 3.63) is 23.8 Å². The molecule has 0 saturated heterocycles. The Morgan fingerprint density at radius 2 is 2.12 bits per heavy atom. The van der Waals surface area contributed by atoms with Gasteiger partial charge in [-0.1, -0.05) is 6.07 Å². The molecule has 17 heavy (non-hydrogen) atoms. The van der Waals surface area contributed by atoms with E-state index in [9.17, 15) is 18.0 Å². The number of alkyl halides is 4. The Kier molecular flexibility index (Phi) is 2.91. The van der Waals surface area contributed by atoms with Gasteiger partial charge in [0.15, 0.2) is 12.0 Å². The molecule has 1 amide bonds. The molecule has 0 fully saturated rings. The van der Waals surface area contributed by atoms with Crippen LogP contribution in [0.4, 0.5) is 18.9 Å². The quantitative estimate of drug-likeness (QED) is 0.793. The molecule has 0 spiro atoms. The van der Waals surface area contributed by atoms with Crippen LogP contribution >= 0.6 is 11.6 Å². The molecule has 1 N–H and O–H groups in total. The molecule has 2 rings (SSSR count). The second-order valence-corrected chi connectivity index (χ2v) is 3.93. The predicted molar refractivity (Wildman–Crippen MR) is 55.2 cm³/mol. The Balaban J connectivity index is 2.33. The van der Waals surface area contributed by atoms with E-state index in [-0.39, 0.29) is 17.9 Å². The van der Waals surface area contributed by atoms with Crippen molar-refractivity contribution in [1.29, 1.82) is 0 Å². The maximum atomic E-state index is 12.4. The van der Waals surface area contributed by atoms with Gasteiger partial charge in [-0.3, -0.25) is 4.79 Å². The minimum absolute atomic E-state index is 0.135. The van der Waals surface area contributed by atoms with Gasteiger partial charge in [0, 0.05) is 0 Å². The summed E-state index contributed by atoms with van der Waals surface area (Å²) in [5.41, 5.74) is 0.0670. The van der Waals surface area contributed by atoms with Gasteiger partial charge in [-0.05, 0) is 17.7 Å². The SMILES string of the molecule is O=C1COc2ccc(C(Cl)C(F)(F)F)cc2N1. The average Bonchev–Trinajstić information content (AvgIpc) is 2.25. The van der Waals surface area contributed by atoms with Gasteiger partial charge in [0.05, 0.1) is 5.69 Å². The first-order chi connectivity index (χ1) is 7.88. The number of nitrogens with one attached hydrogen (secondary N) is 1. The van der Waals surface area contributed by atoms with Gasteiger partial charge < -0.3 is 10.1 Å². The van der Waals surface area contributed by atoms with Crippen LogP contribution in [0.3, 0.4) is 0 Å². The van der Waals surface area contributed by atoms with E-state index >= 15 is 0 Å². The second-order valence-electron chi connectivity index (χ2n) is 3.50. The van der Waals surface area contributed by atoms with E-state index in [4.69, 9.17) is 16.3 Å². The third-order valence-corrected chi connectivity index (χ3v) is 2.72. The van der Waals surface area contributed by atoms with Gasteiger partial charge in [-0.2, -0.15) is 13.2 Å². The van der Waals surface area contributed by atoms with Crippen LogP contribution in [-0.4, -0.2) is 18.7 Å². The summed E-state index contributed by atoms with van der Waals surface area (Å²) >= 11 is 5.28. The van der Waals surface area contributed by atoms with Crippen LogP contribution in [0.2, 0.25) is 0 Å². The summed E-state index contributed by atoms with van der Waals surface area (Å²) in [7, 11) is 0. The van der Waals surface area contributed by atoms with Gasteiger partial charge >= 0.3 is 6.18 Å². The molecule has 0 radical (unpaired) electrons. The highest BCUT2D eigenvalue weighted by Crippen LogP contribution is 2.40. The van der Waals surface area contributed by atoms with E-state index in [0.29, 0.717) is 5.75 Å². The Labute approximate surface area is 99.5 Å². The fraction of sp³-hybridized carbons (Fsp3) is 0.300. The van der Waals surface area contributed by atoms with Crippen molar-refractivity contribution < 1.29 is 22.7 Å². The molecule has 0 saturated carbocycles. The molecule has 1 heterocycles. The Bertz CT molecular complexity index is 461. The van der Waals surface area contributed by atoms with Crippen LogP contribution in [-0.2, 0) is 4.79 Å². The minimum Gasteiger partial charge on any atom is -0.482 e. The number of hydrogen-bond acceptors (Lipinski definition) is 2. The number of carbonyl (C=O) groups excluding carboxylic acids is 1. The molecular weight excluding hydrogens is 259 g/mol. The summed E-state index contributed by atoms with van der Waals surface area (Å²) < 4.78 is 42.2. The highest BCUT2D eigenvalue weighted by atomic mass is 35.5. The van der Waals surface area contributed by atoms with E-state index in [1.807, 2.05) is 0 Å². The van der Waals surface area contributed by atoms with Crippen molar-refractivity contribution in [1.82, 2.24) is 0 Å². The zero-order valence-electron chi connectivity index (χ0n) is 8.34. The van der Waals surface area contributed by atoms with E-state index in [1.54, 1.807) is 0 Å². The maximum Gasteiger partial charge on any atom is 0.408 e. The normalized spacial score (nSPS) is 16.8. The second kappa shape index (κ2) is 4.10. The molecule has 7 heteroatoms. The fourth-order valence-electron chi connectivity index (χ4n) is 1.45. The first kappa shape index (κ1) is 12.0. The summed E-state index contributed by atoms with van der Waals surface area (Å²) in [6.07, 6.45) is -4.53. The molecule has 1 aromatic carbocycles. The molecule has 1 aliphatic rings. The lowest BCUT2D eigenvalue weighted by molar-refractivity contribution is -0.131. The van der Waals surface area contributed by atoms with Crippen molar-refractivity contribution >= 4 is 23.2 Å². The predicted octanol–water partition coefficient (Wildman–Crippen LogP) is 2.86. The molecule has 0 bridgehead atoms. The average molecular weight is 266 g/mol. The minimum atomic E-state index is -4.53. The number of carbonyl (C=O) groups is 1. The van der Waals surface area contributed by atoms with Crippen LogP contribution < -0.4 is 10.1 Å². The Morgan fingerprint density at radius 1 is 1.41 bits per heavy atom. The van der Waals surface area contributed by atoms with Gasteiger partial charge in [0.2, 0.25) is 0 Å². The summed E-state index contributed by atoms with van der Waals surface area (Å²) in [6.45, 7) is -0.143. The van der Waals surface area contributed by atoms with Crippen molar-refractivity contribution in [3.63, 3.8) is 0 Å². The lowest BCUT2D eigenvalue weighted by Gasteiger charge is -2.20. The van der Waals surface area contributed by atoms with Crippen molar-refractivity contribution in [2.24, 2.45) is 0 Å². The molecule has 0 aromatic heterocycles. The third-order valence-electron chi connectivity index (χ3n) is 2.22. The molecule has 3 nitrogen and oxygen atoms in total. The highest BCUT2D eigenvalue weighted by Gasteiger charge is 2.39. The molecule has 1 atom stereocenters. The monoisotopic (exact) mass is 265 g/mol. The molecule has 1 unspecified atom stereocenters. The smallest absolute Gasteiger partial charge is 0.408 e. The molecular formula is C10H7ClF3NO2. The van der Waals surface area contributed by atoms with Gasteiger partial charge in [-0.25, -0.2) is 0 Å². The Hall–Kier alpha value is -1.43. The number of amides is 1. The van der Waals surface area contributed by atoms with Gasteiger partial charge in [-0.15, -0.1) is 11.6 Å². The molecule has 1 aliphatic heterocycles. The number of halogens is 4. The number of rotatable bonds is 1. The van der Waals surface area contributed by atoms with Crippen LogP contribution in [0.25, 0.3) is 0 Å². The van der Waals surface area contributed by atoms with Crippen LogP contribution in [0, 0.1) is 0 Å². The summed E-state index contributed by atoms with van der Waals surface area (Å²) in [5, 5.41) is 0.312. The summed E-state index contributed by atoms with van der Waals surface area (Å²) in [6, 6.07) is 3.74. The topological polar surface area (TPSA) is 38.3 Å². The maximum absolute atomic E-state index is 12.4. The Morgan fingerprint density at radius 3 is 2.76 bits per heavy atom. The van der Waals surface area contributed by atoms with E-state index < -0.39 is 17.5 Å². The zero-order valence-corrected chi connectivity index (χ0v) is 9.10. The van der Waals surface area contributed by atoms with E-state index in [2.05, 4.69) is 5.32 Å².